The second kappa shape index (κ2) is 10.6. The second-order valence-electron chi connectivity index (χ2n) is 7.55. The summed E-state index contributed by atoms with van der Waals surface area (Å²) in [6.07, 6.45) is 0.617. The molecule has 0 heterocycles. The lowest BCUT2D eigenvalue weighted by Crippen LogP contribution is -2.40. The Morgan fingerprint density at radius 1 is 1.00 bits per heavy atom. The first-order valence-electron chi connectivity index (χ1n) is 10.5. The molecule has 172 valence electrons. The fourth-order valence-electron chi connectivity index (χ4n) is 3.26. The largest absolute Gasteiger partial charge is 0.271 e. The van der Waals surface area contributed by atoms with E-state index < -0.39 is 22.5 Å². The Morgan fingerprint density at radius 2 is 1.64 bits per heavy atom. The second-order valence-corrected chi connectivity index (χ2v) is 9.84. The van der Waals surface area contributed by atoms with Crippen LogP contribution in [0.25, 0.3) is 0 Å². The maximum Gasteiger partial charge on any atom is 0.264 e. The smallest absolute Gasteiger partial charge is 0.264 e. The fraction of sp³-hybridized carbons (Fsp3) is 0.200. The number of sulfonamides is 1. The number of halogens is 1. The summed E-state index contributed by atoms with van der Waals surface area (Å²) in [7, 11) is -3.98. The summed E-state index contributed by atoms with van der Waals surface area (Å²) >= 11 is 5.91. The predicted octanol–water partition coefficient (Wildman–Crippen LogP) is 4.95. The van der Waals surface area contributed by atoms with Crippen LogP contribution < -0.4 is 9.73 Å². The zero-order valence-corrected chi connectivity index (χ0v) is 20.3. The summed E-state index contributed by atoms with van der Waals surface area (Å²) < 4.78 is 28.2. The van der Waals surface area contributed by atoms with Gasteiger partial charge in [0.25, 0.3) is 15.9 Å². The van der Waals surface area contributed by atoms with Gasteiger partial charge < -0.3 is 0 Å². The molecule has 6 nitrogen and oxygen atoms in total. The summed E-state index contributed by atoms with van der Waals surface area (Å²) in [6, 6.07) is 20.8. The van der Waals surface area contributed by atoms with Gasteiger partial charge in [-0.15, -0.1) is 0 Å². The van der Waals surface area contributed by atoms with E-state index in [1.54, 1.807) is 67.6 Å². The monoisotopic (exact) mass is 483 g/mol. The van der Waals surface area contributed by atoms with Crippen LogP contribution in [0.2, 0.25) is 5.02 Å². The van der Waals surface area contributed by atoms with Crippen LogP contribution in [0.15, 0.2) is 82.8 Å². The van der Waals surface area contributed by atoms with Crippen LogP contribution in [0.5, 0.6) is 0 Å². The topological polar surface area (TPSA) is 78.8 Å². The van der Waals surface area contributed by atoms with Crippen molar-refractivity contribution in [3.63, 3.8) is 0 Å². The molecule has 0 saturated heterocycles. The Morgan fingerprint density at radius 3 is 2.27 bits per heavy atom. The Labute approximate surface area is 200 Å². The van der Waals surface area contributed by atoms with E-state index in [-0.39, 0.29) is 4.90 Å². The van der Waals surface area contributed by atoms with E-state index in [2.05, 4.69) is 10.5 Å². The van der Waals surface area contributed by atoms with Gasteiger partial charge in [0.05, 0.1) is 16.3 Å². The standard InChI is InChI=1S/C25H26ClN3O3S/c1-4-20-7-5-6-8-24(20)29(33(31,32)23-15-9-18(2)10-16-23)17-25(30)28-27-19(3)21-11-13-22(26)14-12-21/h5-16H,4,17H2,1-3H3,(H,28,30)/b27-19-. The molecular weight excluding hydrogens is 458 g/mol. The van der Waals surface area contributed by atoms with Crippen LogP contribution in [0.1, 0.15) is 30.5 Å². The summed E-state index contributed by atoms with van der Waals surface area (Å²) in [5, 5.41) is 4.73. The van der Waals surface area contributed by atoms with Crippen LogP contribution in [0.3, 0.4) is 0 Å². The lowest BCUT2D eigenvalue weighted by atomic mass is 10.1. The molecule has 0 aliphatic heterocycles. The molecule has 0 bridgehead atoms. The van der Waals surface area contributed by atoms with Gasteiger partial charge in [0, 0.05) is 5.02 Å². The van der Waals surface area contributed by atoms with Gasteiger partial charge in [-0.3, -0.25) is 9.10 Å². The van der Waals surface area contributed by atoms with Crippen LogP contribution in [0, 0.1) is 6.92 Å². The molecule has 0 atom stereocenters. The number of amides is 1. The van der Waals surface area contributed by atoms with Crippen molar-refractivity contribution >= 4 is 38.9 Å². The number of rotatable bonds is 8. The summed E-state index contributed by atoms with van der Waals surface area (Å²) in [4.78, 5) is 12.9. The summed E-state index contributed by atoms with van der Waals surface area (Å²) in [5.74, 6) is -0.551. The molecule has 0 aliphatic carbocycles. The number of hydrogen-bond acceptors (Lipinski definition) is 4. The molecule has 0 unspecified atom stereocenters. The number of hydrazone groups is 1. The number of carbonyl (C=O) groups excluding carboxylic acids is 1. The molecule has 0 fully saturated rings. The molecule has 0 aromatic heterocycles. The van der Waals surface area contributed by atoms with Crippen molar-refractivity contribution in [1.29, 1.82) is 0 Å². The molecule has 3 aromatic carbocycles. The van der Waals surface area contributed by atoms with Gasteiger partial charge in [0.2, 0.25) is 0 Å². The van der Waals surface area contributed by atoms with E-state index in [0.29, 0.717) is 22.8 Å². The molecule has 8 heteroatoms. The highest BCUT2D eigenvalue weighted by Crippen LogP contribution is 2.27. The van der Waals surface area contributed by atoms with Gasteiger partial charge in [-0.05, 0) is 61.7 Å². The first-order chi connectivity index (χ1) is 15.7. The van der Waals surface area contributed by atoms with E-state index in [1.165, 1.54) is 0 Å². The number of hydrogen-bond donors (Lipinski definition) is 1. The van der Waals surface area contributed by atoms with Gasteiger partial charge in [0.15, 0.2) is 0 Å². The van der Waals surface area contributed by atoms with Crippen molar-refractivity contribution in [1.82, 2.24) is 5.43 Å². The number of aryl methyl sites for hydroxylation is 2. The SMILES string of the molecule is CCc1ccccc1N(CC(=O)N/N=C(/C)c1ccc(Cl)cc1)S(=O)(=O)c1ccc(C)cc1. The quantitative estimate of drug-likeness (QED) is 0.364. The van der Waals surface area contributed by atoms with Crippen LogP contribution in [-0.4, -0.2) is 26.6 Å². The van der Waals surface area contributed by atoms with Gasteiger partial charge >= 0.3 is 0 Å². The van der Waals surface area contributed by atoms with Gasteiger partial charge in [-0.2, -0.15) is 5.10 Å². The lowest BCUT2D eigenvalue weighted by molar-refractivity contribution is -0.119. The van der Waals surface area contributed by atoms with Crippen molar-refractivity contribution in [3.05, 3.63) is 94.5 Å². The predicted molar refractivity (Wildman–Crippen MR) is 133 cm³/mol. The van der Waals surface area contributed by atoms with Crippen LogP contribution in [-0.2, 0) is 21.2 Å². The van der Waals surface area contributed by atoms with Crippen molar-refractivity contribution in [2.24, 2.45) is 5.10 Å². The maximum absolute atomic E-state index is 13.5. The third-order valence-corrected chi connectivity index (χ3v) is 7.17. The molecule has 0 aliphatic rings. The first-order valence-corrected chi connectivity index (χ1v) is 12.3. The average molecular weight is 484 g/mol. The van der Waals surface area contributed by atoms with Gasteiger partial charge in [-0.1, -0.05) is 66.6 Å². The van der Waals surface area contributed by atoms with Gasteiger partial charge in [0.1, 0.15) is 6.54 Å². The zero-order valence-electron chi connectivity index (χ0n) is 18.7. The Bertz CT molecular complexity index is 1250. The molecular formula is C25H26ClN3O3S. The third kappa shape index (κ3) is 6.00. The summed E-state index contributed by atoms with van der Waals surface area (Å²) in [6.45, 7) is 5.16. The minimum atomic E-state index is -3.98. The van der Waals surface area contributed by atoms with E-state index in [4.69, 9.17) is 11.6 Å². The minimum absolute atomic E-state index is 0.118. The van der Waals surface area contributed by atoms with Crippen molar-refractivity contribution in [2.45, 2.75) is 32.1 Å². The molecule has 3 rings (SSSR count). The number of nitrogens with one attached hydrogen (secondary N) is 1. The minimum Gasteiger partial charge on any atom is -0.271 e. The maximum atomic E-state index is 13.5. The fourth-order valence-corrected chi connectivity index (χ4v) is 4.84. The van der Waals surface area contributed by atoms with Crippen LogP contribution >= 0.6 is 11.6 Å². The molecule has 1 amide bonds. The van der Waals surface area contributed by atoms with Crippen molar-refractivity contribution in [3.8, 4) is 0 Å². The lowest BCUT2D eigenvalue weighted by Gasteiger charge is -2.26. The average Bonchev–Trinajstić information content (AvgIpc) is 2.81. The number of carbonyl (C=O) groups is 1. The van der Waals surface area contributed by atoms with Crippen LogP contribution in [0.4, 0.5) is 5.69 Å². The van der Waals surface area contributed by atoms with E-state index in [0.717, 1.165) is 21.0 Å². The number of nitrogens with zero attached hydrogens (tertiary/aromatic N) is 2. The van der Waals surface area contributed by atoms with E-state index in [1.807, 2.05) is 26.0 Å². The number of anilines is 1. The van der Waals surface area contributed by atoms with Gasteiger partial charge in [-0.25, -0.2) is 13.8 Å². The molecule has 1 N–H and O–H groups in total. The van der Waals surface area contributed by atoms with E-state index in [9.17, 15) is 13.2 Å². The Kier molecular flexibility index (Phi) is 7.89. The number of benzene rings is 3. The zero-order chi connectivity index (χ0) is 24.0. The Hall–Kier alpha value is -3.16. The van der Waals surface area contributed by atoms with E-state index >= 15 is 0 Å². The molecule has 0 radical (unpaired) electrons. The molecule has 0 saturated carbocycles. The Balaban J connectivity index is 1.91. The van der Waals surface area contributed by atoms with Crippen molar-refractivity contribution < 1.29 is 13.2 Å². The molecule has 33 heavy (non-hydrogen) atoms. The third-order valence-electron chi connectivity index (χ3n) is 5.15. The highest BCUT2D eigenvalue weighted by Gasteiger charge is 2.28. The molecule has 3 aromatic rings. The first kappa shape index (κ1) is 24.5. The highest BCUT2D eigenvalue weighted by atomic mass is 35.5. The highest BCUT2D eigenvalue weighted by molar-refractivity contribution is 7.92. The number of para-hydroxylation sites is 1. The molecule has 0 spiro atoms. The van der Waals surface area contributed by atoms with Crippen molar-refractivity contribution in [2.75, 3.05) is 10.8 Å². The summed E-state index contributed by atoms with van der Waals surface area (Å²) in [5.41, 5.74) is 6.07. The normalized spacial score (nSPS) is 11.8.